The number of hydrogen-bond acceptors (Lipinski definition) is 4. The molecule has 0 saturated carbocycles. The first-order valence-corrected chi connectivity index (χ1v) is 5.05. The predicted octanol–water partition coefficient (Wildman–Crippen LogP) is 2.09. The van der Waals surface area contributed by atoms with Crippen molar-refractivity contribution in [3.63, 3.8) is 0 Å². The summed E-state index contributed by atoms with van der Waals surface area (Å²) in [5.74, 6) is -0.707. The Kier molecular flexibility index (Phi) is 4.19. The molecular weight excluding hydrogens is 342 g/mol. The molecule has 0 aromatic carbocycles. The SMILES string of the molecule is COc1c(CO)cnc(I)c1OC(F)(F)F. The predicted molar refractivity (Wildman–Crippen MR) is 56.1 cm³/mol. The topological polar surface area (TPSA) is 51.6 Å². The molecule has 8 heteroatoms. The molecule has 0 amide bonds. The zero-order chi connectivity index (χ0) is 12.3. The lowest BCUT2D eigenvalue weighted by Gasteiger charge is -2.15. The van der Waals surface area contributed by atoms with E-state index in [9.17, 15) is 13.2 Å². The van der Waals surface area contributed by atoms with E-state index in [0.29, 0.717) is 0 Å². The smallest absolute Gasteiger partial charge is 0.492 e. The van der Waals surface area contributed by atoms with Crippen LogP contribution < -0.4 is 9.47 Å². The van der Waals surface area contributed by atoms with Crippen LogP contribution in [0.1, 0.15) is 5.56 Å². The van der Waals surface area contributed by atoms with E-state index >= 15 is 0 Å². The molecule has 0 unspecified atom stereocenters. The first-order valence-electron chi connectivity index (χ1n) is 3.97. The van der Waals surface area contributed by atoms with Crippen LogP contribution in [0.4, 0.5) is 13.2 Å². The van der Waals surface area contributed by atoms with Crippen molar-refractivity contribution in [1.29, 1.82) is 0 Å². The van der Waals surface area contributed by atoms with Crippen molar-refractivity contribution in [3.8, 4) is 11.5 Å². The van der Waals surface area contributed by atoms with Gasteiger partial charge in [-0.05, 0) is 22.6 Å². The van der Waals surface area contributed by atoms with E-state index in [-0.39, 0.29) is 15.0 Å². The molecule has 0 aliphatic carbocycles. The van der Waals surface area contributed by atoms with Crippen LogP contribution in [-0.4, -0.2) is 23.6 Å². The third-order valence-corrected chi connectivity index (χ3v) is 2.38. The highest BCUT2D eigenvalue weighted by Gasteiger charge is 2.34. The maximum absolute atomic E-state index is 12.1. The minimum atomic E-state index is -4.83. The Labute approximate surface area is 103 Å². The molecule has 0 radical (unpaired) electrons. The number of aliphatic hydroxyl groups excluding tert-OH is 1. The highest BCUT2D eigenvalue weighted by molar-refractivity contribution is 14.1. The third kappa shape index (κ3) is 3.11. The number of pyridine rings is 1. The van der Waals surface area contributed by atoms with Crippen LogP contribution in [-0.2, 0) is 6.61 Å². The van der Waals surface area contributed by atoms with E-state index < -0.39 is 18.7 Å². The Morgan fingerprint density at radius 3 is 2.50 bits per heavy atom. The van der Waals surface area contributed by atoms with Gasteiger partial charge in [-0.2, -0.15) is 0 Å². The van der Waals surface area contributed by atoms with Gasteiger partial charge >= 0.3 is 6.36 Å². The second-order valence-corrected chi connectivity index (χ2v) is 3.66. The van der Waals surface area contributed by atoms with Gasteiger partial charge in [0.1, 0.15) is 3.70 Å². The molecule has 16 heavy (non-hydrogen) atoms. The molecule has 0 saturated heterocycles. The van der Waals surface area contributed by atoms with Crippen LogP contribution in [0.3, 0.4) is 0 Å². The highest BCUT2D eigenvalue weighted by atomic mass is 127. The Bertz CT molecular complexity index is 384. The van der Waals surface area contributed by atoms with Gasteiger partial charge < -0.3 is 14.6 Å². The van der Waals surface area contributed by atoms with Gasteiger partial charge in [-0.15, -0.1) is 13.2 Å². The van der Waals surface area contributed by atoms with Crippen LogP contribution in [0, 0.1) is 3.70 Å². The summed E-state index contributed by atoms with van der Waals surface area (Å²) in [6.07, 6.45) is -3.60. The molecule has 1 N–H and O–H groups in total. The molecule has 1 rings (SSSR count). The first kappa shape index (κ1) is 13.3. The summed E-state index contributed by atoms with van der Waals surface area (Å²) in [6.45, 7) is -0.485. The van der Waals surface area contributed by atoms with Crippen molar-refractivity contribution >= 4 is 22.6 Å². The summed E-state index contributed by atoms with van der Waals surface area (Å²) >= 11 is 1.58. The van der Waals surface area contributed by atoms with Crippen molar-refractivity contribution in [2.45, 2.75) is 13.0 Å². The zero-order valence-corrected chi connectivity index (χ0v) is 10.2. The van der Waals surface area contributed by atoms with Crippen molar-refractivity contribution in [2.75, 3.05) is 7.11 Å². The summed E-state index contributed by atoms with van der Waals surface area (Å²) in [7, 11) is 1.19. The van der Waals surface area contributed by atoms with Crippen molar-refractivity contribution in [3.05, 3.63) is 15.5 Å². The van der Waals surface area contributed by atoms with Crippen LogP contribution in [0.5, 0.6) is 11.5 Å². The van der Waals surface area contributed by atoms with E-state index in [0.717, 1.165) is 0 Å². The summed E-state index contributed by atoms with van der Waals surface area (Å²) in [6, 6.07) is 0. The van der Waals surface area contributed by atoms with Crippen molar-refractivity contribution in [2.24, 2.45) is 0 Å². The number of aromatic nitrogens is 1. The van der Waals surface area contributed by atoms with Crippen LogP contribution in [0.25, 0.3) is 0 Å². The maximum Gasteiger partial charge on any atom is 0.573 e. The third-order valence-electron chi connectivity index (χ3n) is 1.61. The van der Waals surface area contributed by atoms with Gasteiger partial charge in [0.15, 0.2) is 5.75 Å². The monoisotopic (exact) mass is 349 g/mol. The largest absolute Gasteiger partial charge is 0.573 e. The molecule has 1 aromatic rings. The molecule has 0 atom stereocenters. The molecule has 0 aliphatic rings. The lowest BCUT2D eigenvalue weighted by atomic mass is 10.2. The molecular formula is C8H7F3INO3. The Hall–Kier alpha value is -0.770. The Morgan fingerprint density at radius 1 is 1.44 bits per heavy atom. The number of rotatable bonds is 3. The van der Waals surface area contributed by atoms with Gasteiger partial charge in [-0.1, -0.05) is 0 Å². The molecule has 90 valence electrons. The molecule has 0 spiro atoms. The number of nitrogens with zero attached hydrogens (tertiary/aromatic N) is 1. The second kappa shape index (κ2) is 5.04. The van der Waals surface area contributed by atoms with E-state index in [1.807, 2.05) is 0 Å². The van der Waals surface area contributed by atoms with Gasteiger partial charge in [-0.25, -0.2) is 4.98 Å². The van der Waals surface area contributed by atoms with Crippen LogP contribution in [0.15, 0.2) is 6.20 Å². The zero-order valence-electron chi connectivity index (χ0n) is 8.01. The van der Waals surface area contributed by atoms with Gasteiger partial charge in [0.2, 0.25) is 5.75 Å². The quantitative estimate of drug-likeness (QED) is 0.671. The highest BCUT2D eigenvalue weighted by Crippen LogP contribution is 2.37. The van der Waals surface area contributed by atoms with Crippen molar-refractivity contribution < 1.29 is 27.8 Å². The fraction of sp³-hybridized carbons (Fsp3) is 0.375. The average molecular weight is 349 g/mol. The summed E-state index contributed by atoms with van der Waals surface area (Å²) < 4.78 is 44.9. The van der Waals surface area contributed by atoms with E-state index in [4.69, 9.17) is 9.84 Å². The first-order chi connectivity index (χ1) is 7.39. The number of alkyl halides is 3. The Balaban J connectivity index is 3.23. The maximum atomic E-state index is 12.1. The lowest BCUT2D eigenvalue weighted by Crippen LogP contribution is -2.19. The fourth-order valence-electron chi connectivity index (χ4n) is 1.03. The summed E-state index contributed by atoms with van der Waals surface area (Å²) in [5.41, 5.74) is 0.127. The van der Waals surface area contributed by atoms with Gasteiger partial charge in [0.25, 0.3) is 0 Å². The van der Waals surface area contributed by atoms with Gasteiger partial charge in [0.05, 0.1) is 13.7 Å². The summed E-state index contributed by atoms with van der Waals surface area (Å²) in [5, 5.41) is 8.90. The summed E-state index contributed by atoms with van der Waals surface area (Å²) in [4.78, 5) is 3.66. The molecule has 0 aliphatic heterocycles. The second-order valence-electron chi connectivity index (χ2n) is 2.64. The standard InChI is InChI=1S/C8H7F3INO3/c1-15-5-4(3-14)2-13-7(12)6(5)16-8(9,10)11/h2,14H,3H2,1H3. The number of methoxy groups -OCH3 is 1. The molecule has 1 aromatic heterocycles. The number of hydrogen-bond donors (Lipinski definition) is 1. The van der Waals surface area contributed by atoms with Crippen molar-refractivity contribution in [1.82, 2.24) is 4.98 Å². The number of ether oxygens (including phenoxy) is 2. The van der Waals surface area contributed by atoms with E-state index in [2.05, 4.69) is 9.72 Å². The average Bonchev–Trinajstić information content (AvgIpc) is 2.19. The van der Waals surface area contributed by atoms with E-state index in [1.54, 1.807) is 22.6 Å². The Morgan fingerprint density at radius 2 is 2.06 bits per heavy atom. The van der Waals surface area contributed by atoms with E-state index in [1.165, 1.54) is 13.3 Å². The molecule has 0 fully saturated rings. The minimum absolute atomic E-state index is 0.00368. The molecule has 4 nitrogen and oxygen atoms in total. The lowest BCUT2D eigenvalue weighted by molar-refractivity contribution is -0.275. The number of aliphatic hydroxyl groups is 1. The van der Waals surface area contributed by atoms with Gasteiger partial charge in [0, 0.05) is 11.8 Å². The van der Waals surface area contributed by atoms with Crippen LogP contribution >= 0.6 is 22.6 Å². The van der Waals surface area contributed by atoms with Crippen LogP contribution in [0.2, 0.25) is 0 Å². The molecule has 1 heterocycles. The molecule has 0 bridgehead atoms. The normalized spacial score (nSPS) is 11.4. The number of halogens is 4. The minimum Gasteiger partial charge on any atom is -0.492 e. The van der Waals surface area contributed by atoms with Gasteiger partial charge in [-0.3, -0.25) is 0 Å². The fourth-order valence-corrected chi connectivity index (χ4v) is 1.53.